The van der Waals surface area contributed by atoms with Crippen molar-refractivity contribution in [3.63, 3.8) is 0 Å². The van der Waals surface area contributed by atoms with Crippen molar-refractivity contribution in [2.75, 3.05) is 0 Å². The van der Waals surface area contributed by atoms with Gasteiger partial charge in [-0.3, -0.25) is 9.78 Å². The van der Waals surface area contributed by atoms with Crippen LogP contribution in [0.3, 0.4) is 0 Å². The smallest absolute Gasteiger partial charge is 0.270 e. The number of hydrogen-bond donors (Lipinski definition) is 2. The highest BCUT2D eigenvalue weighted by atomic mass is 16.3. The normalized spacial score (nSPS) is 11.2. The quantitative estimate of drug-likeness (QED) is 0.594. The Balaban J connectivity index is 1.84. The van der Waals surface area contributed by atoms with Crippen LogP contribution in [-0.4, -0.2) is 15.1 Å². The molecule has 0 aliphatic carbocycles. The third-order valence-corrected chi connectivity index (χ3v) is 4.78. The monoisotopic (exact) mass is 356 g/mol. The summed E-state index contributed by atoms with van der Waals surface area (Å²) in [5, 5.41) is 9.35. The van der Waals surface area contributed by atoms with Crippen LogP contribution >= 0.6 is 0 Å². The fraction of sp³-hybridized carbons (Fsp3) is 0.545. The van der Waals surface area contributed by atoms with Crippen LogP contribution < -0.4 is 5.56 Å². The summed E-state index contributed by atoms with van der Waals surface area (Å²) < 4.78 is 0. The van der Waals surface area contributed by atoms with Crippen molar-refractivity contribution < 1.29 is 5.11 Å². The van der Waals surface area contributed by atoms with Crippen LogP contribution in [0.5, 0.6) is 5.75 Å². The Labute approximate surface area is 156 Å². The second-order valence-electron chi connectivity index (χ2n) is 7.62. The van der Waals surface area contributed by atoms with E-state index in [4.69, 9.17) is 0 Å². The molecule has 1 aromatic heterocycles. The zero-order chi connectivity index (χ0) is 18.9. The van der Waals surface area contributed by atoms with E-state index in [2.05, 4.69) is 23.8 Å². The molecule has 0 saturated carbocycles. The van der Waals surface area contributed by atoms with Crippen LogP contribution in [0.15, 0.2) is 29.1 Å². The Morgan fingerprint density at radius 3 is 2.38 bits per heavy atom. The first-order valence-electron chi connectivity index (χ1n) is 9.82. The Bertz CT molecular complexity index is 733. The molecule has 0 bridgehead atoms. The van der Waals surface area contributed by atoms with Gasteiger partial charge in [0.15, 0.2) is 0 Å². The lowest BCUT2D eigenvalue weighted by atomic mass is 10.0. The number of nitrogens with zero attached hydrogens (tertiary/aromatic N) is 1. The van der Waals surface area contributed by atoms with E-state index in [0.717, 1.165) is 35.7 Å². The molecular formula is C22H32N2O2. The average molecular weight is 357 g/mol. The molecule has 4 nitrogen and oxygen atoms in total. The molecule has 2 aromatic rings. The first-order chi connectivity index (χ1) is 12.5. The zero-order valence-electron chi connectivity index (χ0n) is 16.3. The Morgan fingerprint density at radius 2 is 1.69 bits per heavy atom. The van der Waals surface area contributed by atoms with Gasteiger partial charge in [-0.1, -0.05) is 58.1 Å². The number of aryl methyl sites for hydroxylation is 2. The molecule has 0 amide bonds. The number of aromatic amines is 1. The zero-order valence-corrected chi connectivity index (χ0v) is 16.3. The molecule has 0 spiro atoms. The number of H-pyrrole nitrogens is 1. The lowest BCUT2D eigenvalue weighted by molar-refractivity contribution is 0.475. The van der Waals surface area contributed by atoms with Gasteiger partial charge >= 0.3 is 0 Å². The van der Waals surface area contributed by atoms with Gasteiger partial charge in [-0.25, -0.2) is 0 Å². The second kappa shape index (κ2) is 10.1. The minimum Gasteiger partial charge on any atom is -0.508 e. The van der Waals surface area contributed by atoms with Crippen LogP contribution in [-0.2, 0) is 12.8 Å². The maximum absolute atomic E-state index is 12.3. The van der Waals surface area contributed by atoms with E-state index in [1.54, 1.807) is 12.1 Å². The van der Waals surface area contributed by atoms with Crippen molar-refractivity contribution in [1.82, 2.24) is 9.97 Å². The lowest BCUT2D eigenvalue weighted by Gasteiger charge is -2.08. The topological polar surface area (TPSA) is 66.0 Å². The number of phenolic OH excluding ortho intramolecular Hbond substituents is 1. The van der Waals surface area contributed by atoms with Gasteiger partial charge in [0, 0.05) is 12.1 Å². The highest BCUT2D eigenvalue weighted by Gasteiger charge is 2.08. The second-order valence-corrected chi connectivity index (χ2v) is 7.62. The summed E-state index contributed by atoms with van der Waals surface area (Å²) in [5.74, 6) is 1.03. The number of phenols is 1. The third kappa shape index (κ3) is 6.66. The molecular weight excluding hydrogens is 324 g/mol. The molecule has 0 fully saturated rings. The first kappa shape index (κ1) is 20.2. The average Bonchev–Trinajstić information content (AvgIpc) is 2.59. The predicted octanol–water partition coefficient (Wildman–Crippen LogP) is 4.91. The number of aromatic hydroxyl groups is 1. The maximum atomic E-state index is 12.3. The van der Waals surface area contributed by atoms with E-state index in [-0.39, 0.29) is 11.3 Å². The fourth-order valence-electron chi connectivity index (χ4n) is 3.18. The van der Waals surface area contributed by atoms with E-state index in [0.29, 0.717) is 12.1 Å². The van der Waals surface area contributed by atoms with Gasteiger partial charge in [-0.05, 0) is 43.4 Å². The summed E-state index contributed by atoms with van der Waals surface area (Å²) in [5.41, 5.74) is 3.28. The van der Waals surface area contributed by atoms with E-state index in [9.17, 15) is 9.90 Å². The van der Waals surface area contributed by atoms with Crippen molar-refractivity contribution in [3.05, 3.63) is 57.3 Å². The number of benzene rings is 1. The van der Waals surface area contributed by atoms with Gasteiger partial charge in [-0.2, -0.15) is 0 Å². The van der Waals surface area contributed by atoms with E-state index in [1.165, 1.54) is 32.1 Å². The van der Waals surface area contributed by atoms with Crippen molar-refractivity contribution in [2.24, 2.45) is 5.92 Å². The number of nitrogens with one attached hydrogen (secondary N) is 1. The highest BCUT2D eigenvalue weighted by Crippen LogP contribution is 2.14. The van der Waals surface area contributed by atoms with E-state index in [1.807, 2.05) is 19.1 Å². The Kier molecular flexibility index (Phi) is 7.89. The molecule has 0 radical (unpaired) electrons. The molecule has 0 unspecified atom stereocenters. The Morgan fingerprint density at radius 1 is 1.04 bits per heavy atom. The molecule has 1 aromatic carbocycles. The minimum absolute atomic E-state index is 0.101. The van der Waals surface area contributed by atoms with Crippen molar-refractivity contribution in [1.29, 1.82) is 0 Å². The van der Waals surface area contributed by atoms with E-state index < -0.39 is 0 Å². The van der Waals surface area contributed by atoms with Crippen LogP contribution in [0.1, 0.15) is 75.0 Å². The van der Waals surface area contributed by atoms with Gasteiger partial charge in [0.1, 0.15) is 11.4 Å². The number of aromatic nitrogens is 2. The van der Waals surface area contributed by atoms with Crippen LogP contribution in [0.4, 0.5) is 0 Å². The maximum Gasteiger partial charge on any atom is 0.270 e. The summed E-state index contributed by atoms with van der Waals surface area (Å²) in [4.78, 5) is 19.9. The molecule has 142 valence electrons. The molecule has 2 N–H and O–H groups in total. The standard InChI is InChI=1S/C22H32N2O2/c1-16(2)9-7-5-4-6-8-10-20-17(3)23-21(22(26)24-20)15-18-11-13-19(25)14-12-18/h11-14,16,25H,4-10,15H2,1-3H3,(H,24,26). The van der Waals surface area contributed by atoms with Crippen molar-refractivity contribution in [2.45, 2.75) is 72.1 Å². The lowest BCUT2D eigenvalue weighted by Crippen LogP contribution is -2.19. The van der Waals surface area contributed by atoms with Crippen LogP contribution in [0.2, 0.25) is 0 Å². The largest absolute Gasteiger partial charge is 0.508 e. The SMILES string of the molecule is Cc1nc(Cc2ccc(O)cc2)c(=O)[nH]c1CCCCCCCC(C)C. The first-order valence-corrected chi connectivity index (χ1v) is 9.82. The van der Waals surface area contributed by atoms with Crippen LogP contribution in [0.25, 0.3) is 0 Å². The summed E-state index contributed by atoms with van der Waals surface area (Å²) in [6.45, 7) is 6.52. The summed E-state index contributed by atoms with van der Waals surface area (Å²) in [6.07, 6.45) is 8.87. The molecule has 4 heteroatoms. The van der Waals surface area contributed by atoms with Gasteiger partial charge in [0.05, 0.1) is 5.69 Å². The number of rotatable bonds is 10. The van der Waals surface area contributed by atoms with Crippen molar-refractivity contribution >= 4 is 0 Å². The minimum atomic E-state index is -0.101. The summed E-state index contributed by atoms with van der Waals surface area (Å²) in [6, 6.07) is 6.90. The molecule has 0 aliphatic rings. The summed E-state index contributed by atoms with van der Waals surface area (Å²) >= 11 is 0. The number of hydrogen-bond acceptors (Lipinski definition) is 3. The molecule has 2 rings (SSSR count). The third-order valence-electron chi connectivity index (χ3n) is 4.78. The van der Waals surface area contributed by atoms with E-state index >= 15 is 0 Å². The number of unbranched alkanes of at least 4 members (excludes halogenated alkanes) is 4. The van der Waals surface area contributed by atoms with Crippen molar-refractivity contribution in [3.8, 4) is 5.75 Å². The van der Waals surface area contributed by atoms with Crippen LogP contribution in [0, 0.1) is 12.8 Å². The molecule has 0 saturated heterocycles. The molecule has 26 heavy (non-hydrogen) atoms. The fourth-order valence-corrected chi connectivity index (χ4v) is 3.18. The Hall–Kier alpha value is -2.10. The molecule has 0 atom stereocenters. The van der Waals surface area contributed by atoms with Gasteiger partial charge < -0.3 is 10.1 Å². The molecule has 1 heterocycles. The van der Waals surface area contributed by atoms with Gasteiger partial charge in [-0.15, -0.1) is 0 Å². The highest BCUT2D eigenvalue weighted by molar-refractivity contribution is 5.28. The molecule has 0 aliphatic heterocycles. The van der Waals surface area contributed by atoms with Gasteiger partial charge in [0.2, 0.25) is 0 Å². The summed E-state index contributed by atoms with van der Waals surface area (Å²) in [7, 11) is 0. The van der Waals surface area contributed by atoms with Gasteiger partial charge in [0.25, 0.3) is 5.56 Å². The predicted molar refractivity (Wildman–Crippen MR) is 107 cm³/mol.